The summed E-state index contributed by atoms with van der Waals surface area (Å²) in [6.07, 6.45) is 0.697. The molecule has 25 heavy (non-hydrogen) atoms. The Morgan fingerprint density at radius 1 is 1.00 bits per heavy atom. The third-order valence-electron chi connectivity index (χ3n) is 4.04. The van der Waals surface area contributed by atoms with E-state index >= 15 is 0 Å². The fourth-order valence-corrected chi connectivity index (χ4v) is 2.69. The number of anilines is 1. The summed E-state index contributed by atoms with van der Waals surface area (Å²) < 4.78 is 0. The van der Waals surface area contributed by atoms with Crippen LogP contribution in [0.4, 0.5) is 5.69 Å². The SMILES string of the molecule is CC(C)Cc1cc(C(=O)O)ccc1NC(=O)c1cccc(C(C)C)c1. The highest BCUT2D eigenvalue weighted by atomic mass is 16.4. The lowest BCUT2D eigenvalue weighted by atomic mass is 9.98. The summed E-state index contributed by atoms with van der Waals surface area (Å²) in [5, 5.41) is 12.1. The molecule has 0 fully saturated rings. The van der Waals surface area contributed by atoms with Crippen LogP contribution in [0.3, 0.4) is 0 Å². The lowest BCUT2D eigenvalue weighted by molar-refractivity contribution is 0.0696. The number of hydrogen-bond acceptors (Lipinski definition) is 2. The van der Waals surface area contributed by atoms with Gasteiger partial charge < -0.3 is 10.4 Å². The van der Waals surface area contributed by atoms with E-state index in [1.165, 1.54) is 6.07 Å². The number of nitrogens with one attached hydrogen (secondary N) is 1. The Balaban J connectivity index is 2.30. The second-order valence-electron chi connectivity index (χ2n) is 7.01. The van der Waals surface area contributed by atoms with Crippen molar-refractivity contribution in [1.29, 1.82) is 0 Å². The molecule has 132 valence electrons. The monoisotopic (exact) mass is 339 g/mol. The van der Waals surface area contributed by atoms with Gasteiger partial charge in [-0.3, -0.25) is 4.79 Å². The number of rotatable bonds is 6. The van der Waals surface area contributed by atoms with Crippen molar-refractivity contribution in [2.45, 2.75) is 40.0 Å². The fourth-order valence-electron chi connectivity index (χ4n) is 2.69. The van der Waals surface area contributed by atoms with Gasteiger partial charge in [0.05, 0.1) is 5.56 Å². The number of aromatic carboxylic acids is 1. The minimum absolute atomic E-state index is 0.185. The molecule has 4 nitrogen and oxygen atoms in total. The molecule has 1 amide bonds. The van der Waals surface area contributed by atoms with E-state index in [4.69, 9.17) is 0 Å². The molecule has 0 atom stereocenters. The fraction of sp³-hybridized carbons (Fsp3) is 0.333. The summed E-state index contributed by atoms with van der Waals surface area (Å²) in [7, 11) is 0. The van der Waals surface area contributed by atoms with Crippen molar-refractivity contribution < 1.29 is 14.7 Å². The average Bonchev–Trinajstić information content (AvgIpc) is 2.55. The number of carbonyl (C=O) groups is 2. The lowest BCUT2D eigenvalue weighted by Gasteiger charge is -2.14. The highest BCUT2D eigenvalue weighted by Gasteiger charge is 2.14. The van der Waals surface area contributed by atoms with E-state index in [2.05, 4.69) is 33.0 Å². The average molecular weight is 339 g/mol. The molecule has 2 aromatic carbocycles. The second-order valence-corrected chi connectivity index (χ2v) is 7.01. The summed E-state index contributed by atoms with van der Waals surface area (Å²) in [6.45, 7) is 8.29. The van der Waals surface area contributed by atoms with Gasteiger partial charge in [-0.2, -0.15) is 0 Å². The molecule has 0 radical (unpaired) electrons. The zero-order valence-corrected chi connectivity index (χ0v) is 15.2. The van der Waals surface area contributed by atoms with Crippen LogP contribution >= 0.6 is 0 Å². The summed E-state index contributed by atoms with van der Waals surface area (Å²) in [6, 6.07) is 12.4. The lowest BCUT2D eigenvalue weighted by Crippen LogP contribution is -2.15. The van der Waals surface area contributed by atoms with Gasteiger partial charge in [0, 0.05) is 11.3 Å². The maximum atomic E-state index is 12.6. The molecule has 0 unspecified atom stereocenters. The normalized spacial score (nSPS) is 11.0. The molecular formula is C21H25NO3. The van der Waals surface area contributed by atoms with Gasteiger partial charge in [0.2, 0.25) is 0 Å². The van der Waals surface area contributed by atoms with E-state index < -0.39 is 5.97 Å². The van der Waals surface area contributed by atoms with Crippen molar-refractivity contribution in [2.24, 2.45) is 5.92 Å². The number of amides is 1. The predicted octanol–water partition coefficient (Wildman–Crippen LogP) is 4.96. The van der Waals surface area contributed by atoms with E-state index in [1.807, 2.05) is 18.2 Å². The van der Waals surface area contributed by atoms with E-state index in [0.29, 0.717) is 29.5 Å². The third-order valence-corrected chi connectivity index (χ3v) is 4.04. The van der Waals surface area contributed by atoms with Crippen LogP contribution in [0, 0.1) is 5.92 Å². The first-order valence-corrected chi connectivity index (χ1v) is 8.55. The van der Waals surface area contributed by atoms with Gasteiger partial charge in [-0.05, 0) is 59.7 Å². The van der Waals surface area contributed by atoms with E-state index in [1.54, 1.807) is 18.2 Å². The van der Waals surface area contributed by atoms with Crippen molar-refractivity contribution in [1.82, 2.24) is 0 Å². The quantitative estimate of drug-likeness (QED) is 0.782. The Hall–Kier alpha value is -2.62. The number of benzene rings is 2. The van der Waals surface area contributed by atoms with Crippen LogP contribution in [0.25, 0.3) is 0 Å². The Morgan fingerprint density at radius 3 is 2.32 bits per heavy atom. The van der Waals surface area contributed by atoms with Crippen molar-refractivity contribution >= 4 is 17.6 Å². The van der Waals surface area contributed by atoms with Crippen molar-refractivity contribution in [3.63, 3.8) is 0 Å². The molecule has 0 saturated heterocycles. The van der Waals surface area contributed by atoms with Crippen LogP contribution in [0.5, 0.6) is 0 Å². The molecule has 2 N–H and O–H groups in total. The number of hydrogen-bond donors (Lipinski definition) is 2. The van der Waals surface area contributed by atoms with Gasteiger partial charge in [0.1, 0.15) is 0 Å². The first-order valence-electron chi connectivity index (χ1n) is 8.55. The smallest absolute Gasteiger partial charge is 0.335 e. The minimum atomic E-state index is -0.965. The van der Waals surface area contributed by atoms with E-state index in [-0.39, 0.29) is 11.5 Å². The van der Waals surface area contributed by atoms with Gasteiger partial charge in [0.25, 0.3) is 5.91 Å². The molecule has 0 spiro atoms. The van der Waals surface area contributed by atoms with Crippen molar-refractivity contribution in [3.8, 4) is 0 Å². The van der Waals surface area contributed by atoms with Gasteiger partial charge in [0.15, 0.2) is 0 Å². The zero-order chi connectivity index (χ0) is 18.6. The topological polar surface area (TPSA) is 66.4 Å². The van der Waals surface area contributed by atoms with Gasteiger partial charge in [-0.25, -0.2) is 4.79 Å². The number of carboxylic acids is 1. The van der Waals surface area contributed by atoms with Crippen molar-refractivity contribution in [2.75, 3.05) is 5.32 Å². The van der Waals surface area contributed by atoms with Crippen LogP contribution in [0.15, 0.2) is 42.5 Å². The minimum Gasteiger partial charge on any atom is -0.478 e. The molecule has 0 bridgehead atoms. The summed E-state index contributed by atoms with van der Waals surface area (Å²) in [4.78, 5) is 23.8. The molecule has 0 saturated carbocycles. The highest BCUT2D eigenvalue weighted by Crippen LogP contribution is 2.23. The molecule has 2 rings (SSSR count). The van der Waals surface area contributed by atoms with Crippen molar-refractivity contribution in [3.05, 3.63) is 64.7 Å². The van der Waals surface area contributed by atoms with E-state index in [0.717, 1.165) is 11.1 Å². The Kier molecular flexibility index (Phi) is 5.97. The number of carbonyl (C=O) groups excluding carboxylic acids is 1. The molecule has 0 aliphatic rings. The van der Waals surface area contributed by atoms with Gasteiger partial charge in [-0.1, -0.05) is 39.8 Å². The second kappa shape index (κ2) is 7.97. The Morgan fingerprint density at radius 2 is 1.72 bits per heavy atom. The molecule has 4 heteroatoms. The number of carboxylic acid groups (broad SMARTS) is 1. The molecular weight excluding hydrogens is 314 g/mol. The van der Waals surface area contributed by atoms with Crippen LogP contribution in [0.1, 0.15) is 65.5 Å². The molecule has 0 aromatic heterocycles. The van der Waals surface area contributed by atoms with Gasteiger partial charge in [-0.15, -0.1) is 0 Å². The van der Waals surface area contributed by atoms with Gasteiger partial charge >= 0.3 is 5.97 Å². The summed E-state index contributed by atoms with van der Waals surface area (Å²) in [5.74, 6) is -0.453. The van der Waals surface area contributed by atoms with Crippen LogP contribution in [-0.4, -0.2) is 17.0 Å². The zero-order valence-electron chi connectivity index (χ0n) is 15.2. The standard InChI is InChI=1S/C21H25NO3/c1-13(2)10-18-12-17(21(24)25)8-9-19(18)22-20(23)16-7-5-6-15(11-16)14(3)4/h5-9,11-14H,10H2,1-4H3,(H,22,23)(H,24,25). The maximum absolute atomic E-state index is 12.6. The molecule has 0 aliphatic carbocycles. The first-order chi connectivity index (χ1) is 11.8. The third kappa shape index (κ3) is 4.92. The Labute approximate surface area is 148 Å². The first kappa shape index (κ1) is 18.7. The van der Waals surface area contributed by atoms with Crippen LogP contribution in [0.2, 0.25) is 0 Å². The highest BCUT2D eigenvalue weighted by molar-refractivity contribution is 6.05. The van der Waals surface area contributed by atoms with Crippen LogP contribution in [-0.2, 0) is 6.42 Å². The summed E-state index contributed by atoms with van der Waals surface area (Å²) in [5.41, 5.74) is 3.44. The Bertz CT molecular complexity index is 778. The molecule has 2 aromatic rings. The molecule has 0 aliphatic heterocycles. The predicted molar refractivity (Wildman–Crippen MR) is 100 cm³/mol. The van der Waals surface area contributed by atoms with Crippen LogP contribution < -0.4 is 5.32 Å². The summed E-state index contributed by atoms with van der Waals surface area (Å²) >= 11 is 0. The maximum Gasteiger partial charge on any atom is 0.335 e. The largest absolute Gasteiger partial charge is 0.478 e. The van der Waals surface area contributed by atoms with E-state index in [9.17, 15) is 14.7 Å². The molecule has 0 heterocycles.